The van der Waals surface area contributed by atoms with Crippen molar-refractivity contribution in [3.63, 3.8) is 0 Å². The summed E-state index contributed by atoms with van der Waals surface area (Å²) in [7, 11) is 2.24. The third-order valence-corrected chi connectivity index (χ3v) is 4.78. The second kappa shape index (κ2) is 6.17. The summed E-state index contributed by atoms with van der Waals surface area (Å²) in [5.41, 5.74) is 6.28. The predicted molar refractivity (Wildman–Crippen MR) is 71.0 cm³/mol. The first kappa shape index (κ1) is 13.3. The van der Waals surface area contributed by atoms with E-state index in [2.05, 4.69) is 18.9 Å². The van der Waals surface area contributed by atoms with Gasteiger partial charge in [0.1, 0.15) is 0 Å². The van der Waals surface area contributed by atoms with Crippen LogP contribution in [-0.2, 0) is 4.74 Å². The summed E-state index contributed by atoms with van der Waals surface area (Å²) in [6.07, 6.45) is 6.40. The number of rotatable bonds is 4. The van der Waals surface area contributed by atoms with E-state index in [0.717, 1.165) is 25.7 Å². The summed E-state index contributed by atoms with van der Waals surface area (Å²) < 4.78 is 5.46. The zero-order valence-corrected chi connectivity index (χ0v) is 11.4. The molecular weight excluding hydrogens is 212 g/mol. The van der Waals surface area contributed by atoms with Crippen molar-refractivity contribution in [1.82, 2.24) is 4.90 Å². The van der Waals surface area contributed by atoms with Gasteiger partial charge in [-0.05, 0) is 44.6 Å². The Morgan fingerprint density at radius 1 is 1.29 bits per heavy atom. The Morgan fingerprint density at radius 2 is 2.12 bits per heavy atom. The maximum absolute atomic E-state index is 6.28. The van der Waals surface area contributed by atoms with Crippen molar-refractivity contribution < 1.29 is 4.74 Å². The smallest absolute Gasteiger partial charge is 0.0622 e. The zero-order chi connectivity index (χ0) is 12.3. The van der Waals surface area contributed by atoms with Gasteiger partial charge in [0.2, 0.25) is 0 Å². The SMILES string of the molecule is CCC1CCC(N)C(CN(C)C2CCOC2)C1. The summed E-state index contributed by atoms with van der Waals surface area (Å²) in [5, 5.41) is 0. The average molecular weight is 240 g/mol. The van der Waals surface area contributed by atoms with Gasteiger partial charge in [-0.15, -0.1) is 0 Å². The molecule has 3 heteroatoms. The molecule has 2 rings (SSSR count). The highest BCUT2D eigenvalue weighted by Crippen LogP contribution is 2.31. The highest BCUT2D eigenvalue weighted by Gasteiger charge is 2.30. The highest BCUT2D eigenvalue weighted by molar-refractivity contribution is 4.85. The van der Waals surface area contributed by atoms with Gasteiger partial charge in [-0.2, -0.15) is 0 Å². The second-order valence-corrected chi connectivity index (χ2v) is 5.97. The number of nitrogens with two attached hydrogens (primary N) is 1. The molecule has 0 aromatic heterocycles. The summed E-state index contributed by atoms with van der Waals surface area (Å²) in [6.45, 7) is 5.32. The Kier molecular flexibility index (Phi) is 4.83. The second-order valence-electron chi connectivity index (χ2n) is 5.97. The predicted octanol–water partition coefficient (Wildman–Crippen LogP) is 1.86. The first-order valence-electron chi connectivity index (χ1n) is 7.24. The molecule has 1 saturated carbocycles. The quantitative estimate of drug-likeness (QED) is 0.815. The van der Waals surface area contributed by atoms with E-state index >= 15 is 0 Å². The molecule has 4 atom stereocenters. The molecule has 100 valence electrons. The van der Waals surface area contributed by atoms with Gasteiger partial charge in [-0.25, -0.2) is 0 Å². The van der Waals surface area contributed by atoms with Crippen molar-refractivity contribution >= 4 is 0 Å². The lowest BCUT2D eigenvalue weighted by Crippen LogP contribution is -2.45. The van der Waals surface area contributed by atoms with Gasteiger partial charge in [0.15, 0.2) is 0 Å². The Bertz CT molecular complexity index is 228. The number of likely N-dealkylation sites (N-methyl/N-ethyl adjacent to an activating group) is 1. The number of hydrogen-bond acceptors (Lipinski definition) is 3. The monoisotopic (exact) mass is 240 g/mol. The number of ether oxygens (including phenoxy) is 1. The summed E-state index contributed by atoms with van der Waals surface area (Å²) in [6, 6.07) is 1.05. The van der Waals surface area contributed by atoms with Crippen molar-refractivity contribution in [2.24, 2.45) is 17.6 Å². The maximum atomic E-state index is 6.28. The fourth-order valence-corrected chi connectivity index (χ4v) is 3.35. The third-order valence-electron chi connectivity index (χ3n) is 4.78. The molecule has 2 fully saturated rings. The largest absolute Gasteiger partial charge is 0.380 e. The van der Waals surface area contributed by atoms with E-state index in [0.29, 0.717) is 18.0 Å². The first-order chi connectivity index (χ1) is 8.20. The molecule has 3 nitrogen and oxygen atoms in total. The normalized spacial score (nSPS) is 38.8. The van der Waals surface area contributed by atoms with Crippen LogP contribution in [0.15, 0.2) is 0 Å². The van der Waals surface area contributed by atoms with E-state index in [-0.39, 0.29) is 0 Å². The van der Waals surface area contributed by atoms with Crippen LogP contribution in [0.1, 0.15) is 39.0 Å². The number of hydrogen-bond donors (Lipinski definition) is 1. The minimum Gasteiger partial charge on any atom is -0.380 e. The fourth-order valence-electron chi connectivity index (χ4n) is 3.35. The van der Waals surface area contributed by atoms with E-state index in [4.69, 9.17) is 10.5 Å². The highest BCUT2D eigenvalue weighted by atomic mass is 16.5. The van der Waals surface area contributed by atoms with Crippen LogP contribution in [0.2, 0.25) is 0 Å². The molecule has 0 aromatic carbocycles. The van der Waals surface area contributed by atoms with Crippen LogP contribution < -0.4 is 5.73 Å². The zero-order valence-electron chi connectivity index (χ0n) is 11.4. The van der Waals surface area contributed by atoms with E-state index in [9.17, 15) is 0 Å². The number of nitrogens with zero attached hydrogens (tertiary/aromatic N) is 1. The minimum atomic E-state index is 0.419. The molecule has 2 aliphatic rings. The summed E-state index contributed by atoms with van der Waals surface area (Å²) >= 11 is 0. The minimum absolute atomic E-state index is 0.419. The molecule has 0 aromatic rings. The lowest BCUT2D eigenvalue weighted by molar-refractivity contribution is 0.123. The van der Waals surface area contributed by atoms with Gasteiger partial charge in [0.05, 0.1) is 6.61 Å². The Morgan fingerprint density at radius 3 is 2.76 bits per heavy atom. The van der Waals surface area contributed by atoms with Crippen LogP contribution in [0, 0.1) is 11.8 Å². The van der Waals surface area contributed by atoms with Crippen LogP contribution in [0.5, 0.6) is 0 Å². The van der Waals surface area contributed by atoms with Crippen LogP contribution in [-0.4, -0.2) is 43.8 Å². The van der Waals surface area contributed by atoms with Gasteiger partial charge in [-0.3, -0.25) is 0 Å². The first-order valence-corrected chi connectivity index (χ1v) is 7.24. The van der Waals surface area contributed by atoms with Gasteiger partial charge >= 0.3 is 0 Å². The van der Waals surface area contributed by atoms with E-state index in [1.54, 1.807) is 0 Å². The van der Waals surface area contributed by atoms with Crippen molar-refractivity contribution in [2.75, 3.05) is 26.8 Å². The molecule has 0 bridgehead atoms. The van der Waals surface area contributed by atoms with Crippen LogP contribution in [0.3, 0.4) is 0 Å². The average Bonchev–Trinajstić information content (AvgIpc) is 2.85. The van der Waals surface area contributed by atoms with Crippen molar-refractivity contribution in [3.8, 4) is 0 Å². The maximum Gasteiger partial charge on any atom is 0.0622 e. The standard InChI is InChI=1S/C14H28N2O/c1-3-11-4-5-14(15)12(8-11)9-16(2)13-6-7-17-10-13/h11-14H,3-10,15H2,1-2H3. The molecule has 0 radical (unpaired) electrons. The van der Waals surface area contributed by atoms with Gasteiger partial charge in [0, 0.05) is 25.2 Å². The van der Waals surface area contributed by atoms with Crippen molar-refractivity contribution in [1.29, 1.82) is 0 Å². The van der Waals surface area contributed by atoms with Crippen LogP contribution >= 0.6 is 0 Å². The van der Waals surface area contributed by atoms with E-state index in [1.165, 1.54) is 32.1 Å². The Hall–Kier alpha value is -0.120. The molecular formula is C14H28N2O. The molecule has 17 heavy (non-hydrogen) atoms. The van der Waals surface area contributed by atoms with E-state index in [1.807, 2.05) is 0 Å². The topological polar surface area (TPSA) is 38.5 Å². The Labute approximate surface area is 106 Å². The Balaban J connectivity index is 1.82. The molecule has 1 saturated heterocycles. The lowest BCUT2D eigenvalue weighted by atomic mass is 9.77. The third kappa shape index (κ3) is 3.43. The van der Waals surface area contributed by atoms with Crippen LogP contribution in [0.4, 0.5) is 0 Å². The van der Waals surface area contributed by atoms with Crippen molar-refractivity contribution in [2.45, 2.75) is 51.1 Å². The molecule has 1 heterocycles. The van der Waals surface area contributed by atoms with Gasteiger partial charge in [-0.1, -0.05) is 13.3 Å². The van der Waals surface area contributed by atoms with Gasteiger partial charge < -0.3 is 15.4 Å². The van der Waals surface area contributed by atoms with Gasteiger partial charge in [0.25, 0.3) is 0 Å². The molecule has 2 N–H and O–H groups in total. The van der Waals surface area contributed by atoms with Crippen molar-refractivity contribution in [3.05, 3.63) is 0 Å². The molecule has 0 amide bonds. The molecule has 1 aliphatic carbocycles. The summed E-state index contributed by atoms with van der Waals surface area (Å²) in [5.74, 6) is 1.60. The molecule has 4 unspecified atom stereocenters. The summed E-state index contributed by atoms with van der Waals surface area (Å²) in [4.78, 5) is 2.48. The van der Waals surface area contributed by atoms with Crippen LogP contribution in [0.25, 0.3) is 0 Å². The molecule has 0 spiro atoms. The molecule has 1 aliphatic heterocycles. The van der Waals surface area contributed by atoms with E-state index < -0.39 is 0 Å². The fraction of sp³-hybridized carbons (Fsp3) is 1.00. The lowest BCUT2D eigenvalue weighted by Gasteiger charge is -2.37.